The first kappa shape index (κ1) is 21.9. The summed E-state index contributed by atoms with van der Waals surface area (Å²) in [6, 6.07) is 16.9. The normalized spacial score (nSPS) is 13.0. The van der Waals surface area contributed by atoms with Gasteiger partial charge in [0.15, 0.2) is 0 Å². The lowest BCUT2D eigenvalue weighted by Crippen LogP contribution is -2.17. The van der Waals surface area contributed by atoms with Gasteiger partial charge in [-0.05, 0) is 60.4 Å². The lowest BCUT2D eigenvalue weighted by atomic mass is 9.95. The molecule has 4 rings (SSSR count). The van der Waals surface area contributed by atoms with Gasteiger partial charge >= 0.3 is 5.97 Å². The van der Waals surface area contributed by atoms with Crippen molar-refractivity contribution in [2.24, 2.45) is 0 Å². The summed E-state index contributed by atoms with van der Waals surface area (Å²) in [5.74, 6) is -0.311. The number of benzene rings is 3. The van der Waals surface area contributed by atoms with Crippen LogP contribution in [-0.2, 0) is 20.7 Å². The molecule has 0 fully saturated rings. The van der Waals surface area contributed by atoms with E-state index < -0.39 is 16.1 Å². The third-order valence-electron chi connectivity index (χ3n) is 5.22. The van der Waals surface area contributed by atoms with Crippen LogP contribution in [0.1, 0.15) is 21.5 Å². The summed E-state index contributed by atoms with van der Waals surface area (Å²) in [5.41, 5.74) is 3.98. The van der Waals surface area contributed by atoms with E-state index in [-0.39, 0.29) is 17.1 Å². The Morgan fingerprint density at radius 1 is 1.09 bits per heavy atom. The van der Waals surface area contributed by atoms with Crippen LogP contribution < -0.4 is 10.1 Å². The smallest absolute Gasteiger partial charge is 0.336 e. The summed E-state index contributed by atoms with van der Waals surface area (Å²) in [7, 11) is -3.86. The highest BCUT2D eigenvalue weighted by atomic mass is 32.2. The molecule has 0 saturated heterocycles. The molecule has 1 aliphatic rings. The Morgan fingerprint density at radius 3 is 2.62 bits per heavy atom. The van der Waals surface area contributed by atoms with Crippen molar-refractivity contribution in [1.82, 2.24) is 0 Å². The number of carbonyl (C=O) groups is 1. The predicted octanol–water partition coefficient (Wildman–Crippen LogP) is 4.11. The van der Waals surface area contributed by atoms with Crippen molar-refractivity contribution >= 4 is 21.8 Å². The highest BCUT2D eigenvalue weighted by Crippen LogP contribution is 2.34. The molecule has 8 heteroatoms. The van der Waals surface area contributed by atoms with Crippen molar-refractivity contribution in [3.8, 4) is 16.9 Å². The van der Waals surface area contributed by atoms with Gasteiger partial charge in [0.05, 0.1) is 22.8 Å². The third kappa shape index (κ3) is 4.76. The quantitative estimate of drug-likeness (QED) is 0.519. The maximum absolute atomic E-state index is 12.4. The van der Waals surface area contributed by atoms with Crippen molar-refractivity contribution in [3.05, 3.63) is 77.4 Å². The van der Waals surface area contributed by atoms with Gasteiger partial charge in [0, 0.05) is 6.54 Å². The number of nitrogens with one attached hydrogen (secondary N) is 1. The van der Waals surface area contributed by atoms with Gasteiger partial charge in [-0.15, -0.1) is 0 Å². The van der Waals surface area contributed by atoms with Crippen LogP contribution >= 0.6 is 0 Å². The summed E-state index contributed by atoms with van der Waals surface area (Å²) >= 11 is 0. The SMILES string of the molecule is Cc1ccc(S(=O)(=O)OCCc2ccc(C(=O)O)c(-c3ccc4c(c3)NCCO4)c2)cc1. The third-order valence-corrected chi connectivity index (χ3v) is 6.55. The van der Waals surface area contributed by atoms with Crippen molar-refractivity contribution in [3.63, 3.8) is 0 Å². The zero-order valence-corrected chi connectivity index (χ0v) is 18.3. The molecule has 1 heterocycles. The first-order valence-electron chi connectivity index (χ1n) is 10.2. The number of aromatic carboxylic acids is 1. The van der Waals surface area contributed by atoms with Gasteiger partial charge < -0.3 is 15.2 Å². The molecule has 1 aliphatic heterocycles. The average molecular weight is 454 g/mol. The number of fused-ring (bicyclic) bond motifs is 1. The zero-order chi connectivity index (χ0) is 22.7. The van der Waals surface area contributed by atoms with Crippen LogP contribution in [0.25, 0.3) is 11.1 Å². The van der Waals surface area contributed by atoms with Gasteiger partial charge in [-0.2, -0.15) is 8.42 Å². The van der Waals surface area contributed by atoms with E-state index in [2.05, 4.69) is 5.32 Å². The monoisotopic (exact) mass is 453 g/mol. The van der Waals surface area contributed by atoms with Gasteiger partial charge in [-0.3, -0.25) is 4.18 Å². The van der Waals surface area contributed by atoms with Gasteiger partial charge in [-0.1, -0.05) is 35.9 Å². The van der Waals surface area contributed by atoms with Gasteiger partial charge in [-0.25, -0.2) is 4.79 Å². The largest absolute Gasteiger partial charge is 0.490 e. The van der Waals surface area contributed by atoms with E-state index >= 15 is 0 Å². The number of hydrogen-bond acceptors (Lipinski definition) is 6. The highest BCUT2D eigenvalue weighted by Gasteiger charge is 2.18. The van der Waals surface area contributed by atoms with Gasteiger partial charge in [0.2, 0.25) is 0 Å². The van der Waals surface area contributed by atoms with E-state index in [1.54, 1.807) is 24.3 Å². The minimum atomic E-state index is -3.86. The molecule has 3 aromatic carbocycles. The molecule has 166 valence electrons. The first-order chi connectivity index (χ1) is 15.3. The molecule has 0 aromatic heterocycles. The molecule has 0 amide bonds. The molecule has 0 spiro atoms. The lowest BCUT2D eigenvalue weighted by Gasteiger charge is -2.20. The van der Waals surface area contributed by atoms with E-state index in [0.717, 1.165) is 28.1 Å². The summed E-state index contributed by atoms with van der Waals surface area (Å²) in [4.78, 5) is 11.9. The number of hydrogen-bond donors (Lipinski definition) is 2. The van der Waals surface area contributed by atoms with Crippen LogP contribution in [0.3, 0.4) is 0 Å². The maximum Gasteiger partial charge on any atom is 0.336 e. The van der Waals surface area contributed by atoms with Gasteiger partial charge in [0.25, 0.3) is 10.1 Å². The fourth-order valence-electron chi connectivity index (χ4n) is 3.52. The summed E-state index contributed by atoms with van der Waals surface area (Å²) in [6.45, 7) is 3.08. The number of carboxylic acids is 1. The molecule has 0 saturated carbocycles. The van der Waals surface area contributed by atoms with Crippen LogP contribution in [0.15, 0.2) is 65.6 Å². The van der Waals surface area contributed by atoms with Crippen LogP contribution in [0.5, 0.6) is 5.75 Å². The Labute approximate surface area is 186 Å². The fourth-order valence-corrected chi connectivity index (χ4v) is 4.43. The summed E-state index contributed by atoms with van der Waals surface area (Å²) in [5, 5.41) is 12.9. The second kappa shape index (κ2) is 9.02. The zero-order valence-electron chi connectivity index (χ0n) is 17.5. The second-order valence-corrected chi connectivity index (χ2v) is 9.13. The van der Waals surface area contributed by atoms with Crippen molar-refractivity contribution < 1.29 is 27.2 Å². The van der Waals surface area contributed by atoms with E-state index in [9.17, 15) is 18.3 Å². The molecule has 3 aromatic rings. The Hall–Kier alpha value is -3.36. The second-order valence-electron chi connectivity index (χ2n) is 7.51. The number of rotatable bonds is 7. The van der Waals surface area contributed by atoms with Crippen LogP contribution in [0, 0.1) is 6.92 Å². The van der Waals surface area contributed by atoms with E-state index in [1.807, 2.05) is 25.1 Å². The Kier molecular flexibility index (Phi) is 6.16. The fraction of sp³-hybridized carbons (Fsp3) is 0.208. The standard InChI is InChI=1S/C24H23NO6S/c1-16-2-6-19(7-3-16)32(28,29)31-12-10-17-4-8-20(24(26)27)21(14-17)18-5-9-23-22(15-18)25-11-13-30-23/h2-9,14-15,25H,10-13H2,1H3,(H,26,27). The molecule has 0 bridgehead atoms. The van der Waals surface area contributed by atoms with E-state index in [0.29, 0.717) is 25.1 Å². The topological polar surface area (TPSA) is 102 Å². The summed E-state index contributed by atoms with van der Waals surface area (Å²) < 4.78 is 35.5. The molecule has 0 unspecified atom stereocenters. The van der Waals surface area contributed by atoms with Crippen molar-refractivity contribution in [2.75, 3.05) is 25.1 Å². The van der Waals surface area contributed by atoms with Crippen molar-refractivity contribution in [1.29, 1.82) is 0 Å². The minimum absolute atomic E-state index is 0.0539. The Bertz CT molecular complexity index is 1250. The number of anilines is 1. The average Bonchev–Trinajstić information content (AvgIpc) is 2.78. The summed E-state index contributed by atoms with van der Waals surface area (Å²) in [6.07, 6.45) is 0.310. The van der Waals surface area contributed by atoms with Crippen LogP contribution in [0.2, 0.25) is 0 Å². The van der Waals surface area contributed by atoms with Crippen LogP contribution in [0.4, 0.5) is 5.69 Å². The van der Waals surface area contributed by atoms with Gasteiger partial charge in [0.1, 0.15) is 12.4 Å². The number of carboxylic acid groups (broad SMARTS) is 1. The molecule has 2 N–H and O–H groups in total. The molecule has 7 nitrogen and oxygen atoms in total. The molecular formula is C24H23NO6S. The lowest BCUT2D eigenvalue weighted by molar-refractivity contribution is 0.0697. The molecular weight excluding hydrogens is 430 g/mol. The number of aryl methyl sites for hydroxylation is 1. The first-order valence-corrected chi connectivity index (χ1v) is 11.6. The predicted molar refractivity (Wildman–Crippen MR) is 121 cm³/mol. The van der Waals surface area contributed by atoms with E-state index in [1.165, 1.54) is 18.2 Å². The molecule has 0 atom stereocenters. The van der Waals surface area contributed by atoms with Crippen molar-refractivity contribution in [2.45, 2.75) is 18.2 Å². The van der Waals surface area contributed by atoms with E-state index in [4.69, 9.17) is 8.92 Å². The molecule has 32 heavy (non-hydrogen) atoms. The Morgan fingerprint density at radius 2 is 1.88 bits per heavy atom. The number of ether oxygens (including phenoxy) is 1. The Balaban J connectivity index is 1.54. The minimum Gasteiger partial charge on any atom is -0.490 e. The molecule has 0 radical (unpaired) electrons. The molecule has 0 aliphatic carbocycles. The maximum atomic E-state index is 12.4. The highest BCUT2D eigenvalue weighted by molar-refractivity contribution is 7.86. The van der Waals surface area contributed by atoms with Crippen LogP contribution in [-0.4, -0.2) is 39.3 Å².